The van der Waals surface area contributed by atoms with E-state index in [4.69, 9.17) is 14.6 Å². The van der Waals surface area contributed by atoms with E-state index >= 15 is 0 Å². The van der Waals surface area contributed by atoms with Crippen molar-refractivity contribution in [2.45, 2.75) is 70.2 Å². The van der Waals surface area contributed by atoms with Gasteiger partial charge in [0.05, 0.1) is 12.7 Å². The predicted octanol–water partition coefficient (Wildman–Crippen LogP) is 4.35. The second kappa shape index (κ2) is 8.46. The molecule has 0 bridgehead atoms. The van der Waals surface area contributed by atoms with Crippen LogP contribution in [0.1, 0.15) is 63.9 Å². The average molecular weight is 320 g/mol. The van der Waals surface area contributed by atoms with Crippen LogP contribution in [0.25, 0.3) is 0 Å². The van der Waals surface area contributed by atoms with E-state index in [-0.39, 0.29) is 18.4 Å². The number of aliphatic carboxylic acids is 1. The molecular formula is C19H28O4. The maximum absolute atomic E-state index is 10.5. The summed E-state index contributed by atoms with van der Waals surface area (Å²) < 4.78 is 12.0. The normalized spacial score (nSPS) is 23.6. The Balaban J connectivity index is 1.85. The van der Waals surface area contributed by atoms with Crippen LogP contribution in [0.2, 0.25) is 0 Å². The lowest BCUT2D eigenvalue weighted by Crippen LogP contribution is -2.44. The molecule has 2 rings (SSSR count). The zero-order chi connectivity index (χ0) is 16.7. The molecule has 4 nitrogen and oxygen atoms in total. The van der Waals surface area contributed by atoms with E-state index in [1.54, 1.807) is 0 Å². The lowest BCUT2D eigenvalue weighted by molar-refractivity contribution is -0.282. The fraction of sp³-hybridized carbons (Fsp3) is 0.632. The second-order valence-corrected chi connectivity index (χ2v) is 6.73. The van der Waals surface area contributed by atoms with E-state index in [0.29, 0.717) is 6.61 Å². The molecule has 1 aromatic carbocycles. The van der Waals surface area contributed by atoms with E-state index in [0.717, 1.165) is 32.1 Å². The number of carbonyl (C=O) groups is 1. The van der Waals surface area contributed by atoms with Gasteiger partial charge < -0.3 is 14.6 Å². The molecule has 0 aromatic heterocycles. The first-order valence-electron chi connectivity index (χ1n) is 8.56. The summed E-state index contributed by atoms with van der Waals surface area (Å²) in [7, 11) is 0. The third-order valence-corrected chi connectivity index (χ3v) is 4.35. The molecule has 2 atom stereocenters. The van der Waals surface area contributed by atoms with Gasteiger partial charge in [-0.1, -0.05) is 49.6 Å². The lowest BCUT2D eigenvalue weighted by Gasteiger charge is -2.41. The summed E-state index contributed by atoms with van der Waals surface area (Å²) in [6.45, 7) is 4.61. The monoisotopic (exact) mass is 320 g/mol. The molecule has 128 valence electrons. The zero-order valence-electron chi connectivity index (χ0n) is 14.2. The maximum atomic E-state index is 10.5. The van der Waals surface area contributed by atoms with Crippen LogP contribution in [0.5, 0.6) is 0 Å². The molecule has 4 heteroatoms. The van der Waals surface area contributed by atoms with Gasteiger partial charge in [0.2, 0.25) is 0 Å². The Morgan fingerprint density at radius 3 is 2.57 bits per heavy atom. The van der Waals surface area contributed by atoms with Crippen LogP contribution in [-0.4, -0.2) is 29.6 Å². The Morgan fingerprint density at radius 1 is 1.17 bits per heavy atom. The number of rotatable bonds is 8. The van der Waals surface area contributed by atoms with Crippen LogP contribution in [0.4, 0.5) is 0 Å². The van der Waals surface area contributed by atoms with Gasteiger partial charge >= 0.3 is 5.97 Å². The highest BCUT2D eigenvalue weighted by Crippen LogP contribution is 2.35. The summed E-state index contributed by atoms with van der Waals surface area (Å²) in [6, 6.07) is 10.4. The first kappa shape index (κ1) is 18.0. The molecule has 0 aliphatic carbocycles. The van der Waals surface area contributed by atoms with Crippen molar-refractivity contribution in [2.24, 2.45) is 0 Å². The lowest BCUT2D eigenvalue weighted by atomic mass is 9.89. The Bertz CT molecular complexity index is 483. The van der Waals surface area contributed by atoms with Gasteiger partial charge in [-0.3, -0.25) is 4.79 Å². The molecule has 1 aromatic rings. The van der Waals surface area contributed by atoms with Gasteiger partial charge in [-0.2, -0.15) is 0 Å². The number of hydrogen-bond donors (Lipinski definition) is 1. The Hall–Kier alpha value is -1.39. The van der Waals surface area contributed by atoms with Crippen molar-refractivity contribution < 1.29 is 19.4 Å². The molecule has 1 saturated heterocycles. The van der Waals surface area contributed by atoms with Gasteiger partial charge in [0.1, 0.15) is 0 Å². The topological polar surface area (TPSA) is 55.8 Å². The highest BCUT2D eigenvalue weighted by molar-refractivity contribution is 5.66. The first-order chi connectivity index (χ1) is 11.0. The van der Waals surface area contributed by atoms with E-state index < -0.39 is 11.8 Å². The Kier molecular flexibility index (Phi) is 6.60. The van der Waals surface area contributed by atoms with Crippen molar-refractivity contribution in [3.63, 3.8) is 0 Å². The summed E-state index contributed by atoms with van der Waals surface area (Å²) in [5.41, 5.74) is 1.26. The van der Waals surface area contributed by atoms with Crippen molar-refractivity contribution in [1.29, 1.82) is 0 Å². The van der Waals surface area contributed by atoms with Crippen molar-refractivity contribution in [3.8, 4) is 0 Å². The van der Waals surface area contributed by atoms with Gasteiger partial charge in [0, 0.05) is 12.3 Å². The van der Waals surface area contributed by atoms with E-state index in [2.05, 4.69) is 24.3 Å². The second-order valence-electron chi connectivity index (χ2n) is 6.73. The minimum absolute atomic E-state index is 0.153. The fourth-order valence-electron chi connectivity index (χ4n) is 3.13. The van der Waals surface area contributed by atoms with Crippen LogP contribution in [-0.2, 0) is 14.3 Å². The maximum Gasteiger partial charge on any atom is 0.303 e. The van der Waals surface area contributed by atoms with Crippen LogP contribution >= 0.6 is 0 Å². The standard InChI is InChI=1S/C19H28O4/c1-19(2)22-14-16(15-10-6-5-7-11-15)17(23-19)12-8-3-4-9-13-18(20)21/h5-7,10-11,16-17H,3-4,8-9,12-14H2,1-2H3,(H,20,21)/t16-,17-/m1/s1. The smallest absolute Gasteiger partial charge is 0.303 e. The van der Waals surface area contributed by atoms with Gasteiger partial charge in [0.15, 0.2) is 5.79 Å². The molecule has 0 amide bonds. The summed E-state index contributed by atoms with van der Waals surface area (Å²) in [5, 5.41) is 8.66. The molecule has 1 heterocycles. The van der Waals surface area contributed by atoms with Gasteiger partial charge in [0.25, 0.3) is 0 Å². The number of ether oxygens (including phenoxy) is 2. The van der Waals surface area contributed by atoms with E-state index in [1.165, 1.54) is 5.56 Å². The number of benzene rings is 1. The van der Waals surface area contributed by atoms with Crippen molar-refractivity contribution in [2.75, 3.05) is 6.61 Å². The third-order valence-electron chi connectivity index (χ3n) is 4.35. The number of unbranched alkanes of at least 4 members (excludes halogenated alkanes) is 3. The van der Waals surface area contributed by atoms with Crippen LogP contribution in [0.15, 0.2) is 30.3 Å². The predicted molar refractivity (Wildman–Crippen MR) is 89.4 cm³/mol. The molecule has 0 unspecified atom stereocenters. The molecule has 1 aliphatic rings. The van der Waals surface area contributed by atoms with Crippen molar-refractivity contribution >= 4 is 5.97 Å². The largest absolute Gasteiger partial charge is 0.481 e. The number of hydrogen-bond acceptors (Lipinski definition) is 3. The SMILES string of the molecule is CC1(C)OC[C@H](c2ccccc2)[C@@H](CCCCCCC(=O)O)O1. The van der Waals surface area contributed by atoms with Crippen LogP contribution in [0.3, 0.4) is 0 Å². The number of carboxylic acid groups (broad SMARTS) is 1. The third kappa shape index (κ3) is 5.96. The fourth-order valence-corrected chi connectivity index (χ4v) is 3.13. The minimum atomic E-state index is -0.705. The molecule has 1 aliphatic heterocycles. The highest BCUT2D eigenvalue weighted by Gasteiger charge is 2.36. The molecule has 0 saturated carbocycles. The van der Waals surface area contributed by atoms with Crippen LogP contribution in [0, 0.1) is 0 Å². The van der Waals surface area contributed by atoms with E-state index in [9.17, 15) is 4.79 Å². The Morgan fingerprint density at radius 2 is 1.87 bits per heavy atom. The van der Waals surface area contributed by atoms with Gasteiger partial charge in [-0.15, -0.1) is 0 Å². The molecule has 23 heavy (non-hydrogen) atoms. The van der Waals surface area contributed by atoms with Gasteiger partial charge in [-0.05, 0) is 32.3 Å². The van der Waals surface area contributed by atoms with Crippen LogP contribution < -0.4 is 0 Å². The molecule has 1 fully saturated rings. The van der Waals surface area contributed by atoms with Crippen molar-refractivity contribution in [3.05, 3.63) is 35.9 Å². The first-order valence-corrected chi connectivity index (χ1v) is 8.56. The summed E-state index contributed by atoms with van der Waals surface area (Å²) in [4.78, 5) is 10.5. The summed E-state index contributed by atoms with van der Waals surface area (Å²) in [5.74, 6) is -0.967. The Labute approximate surface area is 138 Å². The average Bonchev–Trinajstić information content (AvgIpc) is 2.50. The molecular weight excluding hydrogens is 292 g/mol. The minimum Gasteiger partial charge on any atom is -0.481 e. The van der Waals surface area contributed by atoms with Gasteiger partial charge in [-0.25, -0.2) is 0 Å². The summed E-state index contributed by atoms with van der Waals surface area (Å²) >= 11 is 0. The summed E-state index contributed by atoms with van der Waals surface area (Å²) in [6.07, 6.45) is 5.25. The van der Waals surface area contributed by atoms with Crippen molar-refractivity contribution in [1.82, 2.24) is 0 Å². The molecule has 0 radical (unpaired) electrons. The quantitative estimate of drug-likeness (QED) is 0.724. The molecule has 1 N–H and O–H groups in total. The molecule has 0 spiro atoms. The highest BCUT2D eigenvalue weighted by atomic mass is 16.7. The number of carboxylic acids is 1. The zero-order valence-corrected chi connectivity index (χ0v) is 14.2. The van der Waals surface area contributed by atoms with E-state index in [1.807, 2.05) is 19.9 Å².